The topological polar surface area (TPSA) is 86.9 Å². The van der Waals surface area contributed by atoms with Crippen molar-refractivity contribution < 1.29 is 9.59 Å². The monoisotopic (exact) mass is 154 g/mol. The standard InChI is InChI=1S/C5H6N4O2/c10-3-7-9-5(11)4-1-2-6-8-4/h1-3H,(H,6,8)(H,7,10)(H,9,11). The summed E-state index contributed by atoms with van der Waals surface area (Å²) in [7, 11) is 0. The van der Waals surface area contributed by atoms with Crippen molar-refractivity contribution in [2.24, 2.45) is 0 Å². The molecule has 0 saturated carbocycles. The Balaban J connectivity index is 2.49. The maximum atomic E-state index is 10.9. The van der Waals surface area contributed by atoms with Gasteiger partial charge in [0.05, 0.1) is 0 Å². The lowest BCUT2D eigenvalue weighted by atomic mass is 10.4. The van der Waals surface area contributed by atoms with Crippen molar-refractivity contribution in [1.29, 1.82) is 0 Å². The minimum atomic E-state index is -0.436. The van der Waals surface area contributed by atoms with Gasteiger partial charge in [0.15, 0.2) is 0 Å². The van der Waals surface area contributed by atoms with Crippen LogP contribution in [0.4, 0.5) is 0 Å². The van der Waals surface area contributed by atoms with Gasteiger partial charge in [-0.15, -0.1) is 0 Å². The third-order valence-electron chi connectivity index (χ3n) is 0.990. The molecule has 0 aliphatic rings. The molecule has 0 aliphatic carbocycles. The first kappa shape index (κ1) is 7.26. The Bertz CT molecular complexity index is 243. The Morgan fingerprint density at radius 1 is 1.73 bits per heavy atom. The highest BCUT2D eigenvalue weighted by Gasteiger charge is 2.03. The molecule has 1 rings (SSSR count). The fraction of sp³-hybridized carbons (Fsp3) is 0. The number of aromatic nitrogens is 2. The number of nitrogens with one attached hydrogen (secondary N) is 3. The van der Waals surface area contributed by atoms with Crippen LogP contribution in [0.15, 0.2) is 12.3 Å². The summed E-state index contributed by atoms with van der Waals surface area (Å²) in [5.41, 5.74) is 4.41. The number of carbonyl (C=O) groups is 2. The molecule has 58 valence electrons. The van der Waals surface area contributed by atoms with Crippen molar-refractivity contribution in [3.05, 3.63) is 18.0 Å². The number of rotatable bonds is 3. The van der Waals surface area contributed by atoms with Crippen LogP contribution in [0.25, 0.3) is 0 Å². The molecule has 0 aliphatic heterocycles. The van der Waals surface area contributed by atoms with Gasteiger partial charge in [-0.05, 0) is 6.07 Å². The summed E-state index contributed by atoms with van der Waals surface area (Å²) < 4.78 is 0. The molecule has 0 atom stereocenters. The summed E-state index contributed by atoms with van der Waals surface area (Å²) in [6, 6.07) is 1.49. The zero-order valence-corrected chi connectivity index (χ0v) is 5.50. The van der Waals surface area contributed by atoms with Gasteiger partial charge >= 0.3 is 0 Å². The molecule has 11 heavy (non-hydrogen) atoms. The molecule has 6 heteroatoms. The van der Waals surface area contributed by atoms with Crippen LogP contribution in [-0.4, -0.2) is 22.5 Å². The summed E-state index contributed by atoms with van der Waals surface area (Å²) in [5.74, 6) is -0.436. The van der Waals surface area contributed by atoms with E-state index in [0.717, 1.165) is 0 Å². The molecule has 0 bridgehead atoms. The maximum absolute atomic E-state index is 10.9. The number of hydrogen-bond donors (Lipinski definition) is 3. The van der Waals surface area contributed by atoms with Crippen LogP contribution in [0.2, 0.25) is 0 Å². The van der Waals surface area contributed by atoms with E-state index < -0.39 is 5.91 Å². The summed E-state index contributed by atoms with van der Waals surface area (Å²) in [4.78, 5) is 20.6. The zero-order valence-electron chi connectivity index (χ0n) is 5.50. The minimum absolute atomic E-state index is 0.291. The Morgan fingerprint density at radius 3 is 3.09 bits per heavy atom. The molecule has 1 aromatic heterocycles. The minimum Gasteiger partial charge on any atom is -0.277 e. The lowest BCUT2D eigenvalue weighted by Crippen LogP contribution is -2.36. The van der Waals surface area contributed by atoms with Crippen molar-refractivity contribution >= 4 is 12.3 Å². The Morgan fingerprint density at radius 2 is 2.55 bits per heavy atom. The molecule has 2 amide bonds. The normalized spacial score (nSPS) is 8.73. The van der Waals surface area contributed by atoms with Gasteiger partial charge in [0, 0.05) is 6.20 Å². The van der Waals surface area contributed by atoms with E-state index in [1.807, 2.05) is 5.43 Å². The van der Waals surface area contributed by atoms with Crippen LogP contribution in [0.1, 0.15) is 10.5 Å². The van der Waals surface area contributed by atoms with Gasteiger partial charge in [-0.1, -0.05) is 0 Å². The van der Waals surface area contributed by atoms with Gasteiger partial charge in [-0.25, -0.2) is 0 Å². The highest BCUT2D eigenvalue weighted by atomic mass is 16.2. The fourth-order valence-corrected chi connectivity index (χ4v) is 0.545. The Labute approximate surface area is 62.0 Å². The smallest absolute Gasteiger partial charge is 0.277 e. The van der Waals surface area contributed by atoms with Gasteiger partial charge < -0.3 is 0 Å². The van der Waals surface area contributed by atoms with E-state index in [1.54, 1.807) is 0 Å². The Hall–Kier alpha value is -1.85. The summed E-state index contributed by atoms with van der Waals surface area (Å²) in [6.45, 7) is 0. The van der Waals surface area contributed by atoms with E-state index in [2.05, 4.69) is 15.6 Å². The summed E-state index contributed by atoms with van der Waals surface area (Å²) in [6.07, 6.45) is 1.81. The van der Waals surface area contributed by atoms with Crippen molar-refractivity contribution in [1.82, 2.24) is 21.0 Å². The van der Waals surface area contributed by atoms with Crippen LogP contribution in [-0.2, 0) is 4.79 Å². The van der Waals surface area contributed by atoms with Crippen molar-refractivity contribution in [3.8, 4) is 0 Å². The largest absolute Gasteiger partial charge is 0.287 e. The van der Waals surface area contributed by atoms with Crippen LogP contribution in [0.3, 0.4) is 0 Å². The number of H-pyrrole nitrogens is 1. The lowest BCUT2D eigenvalue weighted by molar-refractivity contribution is -0.110. The number of aromatic amines is 1. The highest BCUT2D eigenvalue weighted by Crippen LogP contribution is 1.88. The van der Waals surface area contributed by atoms with Crippen molar-refractivity contribution in [2.45, 2.75) is 0 Å². The van der Waals surface area contributed by atoms with E-state index in [9.17, 15) is 9.59 Å². The quantitative estimate of drug-likeness (QED) is 0.377. The molecule has 6 nitrogen and oxygen atoms in total. The highest BCUT2D eigenvalue weighted by molar-refractivity contribution is 5.92. The fourth-order valence-electron chi connectivity index (χ4n) is 0.545. The molecular formula is C5H6N4O2. The second-order valence-corrected chi connectivity index (χ2v) is 1.69. The number of carbonyl (C=O) groups excluding carboxylic acids is 2. The number of hydrazine groups is 1. The van der Waals surface area contributed by atoms with Crippen LogP contribution < -0.4 is 10.9 Å². The molecule has 0 spiro atoms. The molecule has 0 fully saturated rings. The van der Waals surface area contributed by atoms with Gasteiger partial charge in [-0.3, -0.25) is 25.5 Å². The molecule has 1 heterocycles. The number of nitrogens with zero attached hydrogens (tertiary/aromatic N) is 1. The van der Waals surface area contributed by atoms with E-state index in [0.29, 0.717) is 12.1 Å². The molecule has 0 aromatic carbocycles. The maximum Gasteiger partial charge on any atom is 0.287 e. The predicted molar refractivity (Wildman–Crippen MR) is 35.3 cm³/mol. The summed E-state index contributed by atoms with van der Waals surface area (Å²) >= 11 is 0. The molecule has 0 radical (unpaired) electrons. The van der Waals surface area contributed by atoms with Crippen molar-refractivity contribution in [3.63, 3.8) is 0 Å². The van der Waals surface area contributed by atoms with Gasteiger partial charge in [0.2, 0.25) is 6.41 Å². The first-order chi connectivity index (χ1) is 5.34. The first-order valence-corrected chi connectivity index (χ1v) is 2.83. The van der Waals surface area contributed by atoms with E-state index in [-0.39, 0.29) is 0 Å². The van der Waals surface area contributed by atoms with E-state index >= 15 is 0 Å². The molecule has 0 saturated heterocycles. The van der Waals surface area contributed by atoms with Crippen LogP contribution in [0.5, 0.6) is 0 Å². The molecule has 3 N–H and O–H groups in total. The average Bonchev–Trinajstić information content (AvgIpc) is 2.52. The lowest BCUT2D eigenvalue weighted by Gasteiger charge is -1.97. The average molecular weight is 154 g/mol. The van der Waals surface area contributed by atoms with Crippen molar-refractivity contribution in [2.75, 3.05) is 0 Å². The molecule has 0 unspecified atom stereocenters. The zero-order chi connectivity index (χ0) is 8.10. The third-order valence-corrected chi connectivity index (χ3v) is 0.990. The second kappa shape index (κ2) is 3.35. The van der Waals surface area contributed by atoms with Crippen LogP contribution in [0, 0.1) is 0 Å². The number of hydrogen-bond acceptors (Lipinski definition) is 3. The van der Waals surface area contributed by atoms with E-state index in [4.69, 9.17) is 0 Å². The number of amides is 2. The van der Waals surface area contributed by atoms with E-state index in [1.165, 1.54) is 12.3 Å². The predicted octanol–water partition coefficient (Wildman–Crippen LogP) is -1.20. The van der Waals surface area contributed by atoms with Gasteiger partial charge in [-0.2, -0.15) is 5.10 Å². The Kier molecular flexibility index (Phi) is 2.21. The van der Waals surface area contributed by atoms with Gasteiger partial charge in [0.25, 0.3) is 5.91 Å². The molecule has 1 aromatic rings. The second-order valence-electron chi connectivity index (χ2n) is 1.69. The van der Waals surface area contributed by atoms with Gasteiger partial charge in [0.1, 0.15) is 5.69 Å². The SMILES string of the molecule is O=CNNC(=O)c1ccn[nH]1. The third kappa shape index (κ3) is 1.78. The molecular weight excluding hydrogens is 148 g/mol. The summed E-state index contributed by atoms with van der Waals surface area (Å²) in [5, 5.41) is 5.98. The van der Waals surface area contributed by atoms with Crippen LogP contribution >= 0.6 is 0 Å². The first-order valence-electron chi connectivity index (χ1n) is 2.83.